The number of nitrogens with one attached hydrogen (secondary N) is 2. The lowest BCUT2D eigenvalue weighted by atomic mass is 9.87. The van der Waals surface area contributed by atoms with Gasteiger partial charge in [-0.25, -0.2) is 0 Å². The number of epoxide rings is 1. The van der Waals surface area contributed by atoms with Crippen LogP contribution in [0.25, 0.3) is 0 Å². The number of aliphatic hydroxyl groups is 1. The zero-order valence-electron chi connectivity index (χ0n) is 26.1. The van der Waals surface area contributed by atoms with E-state index in [2.05, 4.69) is 23.6 Å². The molecule has 0 aromatic rings. The van der Waals surface area contributed by atoms with Crippen LogP contribution in [0.15, 0.2) is 36.0 Å². The second-order valence-corrected chi connectivity index (χ2v) is 12.5. The van der Waals surface area contributed by atoms with Gasteiger partial charge in [0.1, 0.15) is 23.9 Å². The molecule has 0 radical (unpaired) electrons. The largest absolute Gasteiger partial charge is 0.459 e. The fourth-order valence-corrected chi connectivity index (χ4v) is 6.12. The van der Waals surface area contributed by atoms with Crippen LogP contribution in [0.1, 0.15) is 60.3 Å². The third kappa shape index (κ3) is 9.46. The molecule has 11 heteroatoms. The molecule has 11 nitrogen and oxygen atoms in total. The standard InChI is InChI=1S/C32H49N3O8/c1-20(6-9-27-21(2)16-26(23(4)42-27)34-29(37)11-8-22(3)41-24(5)36)7-10-28-31(39)32(19-40-32)18-25(43-28)17-30(38)35-14-12-33-13-15-35/h6-8,10-11,21-23,25-28,31,33,39H,9,12-19H2,1-5H3,(H,34,37)/b10-7+,11-8-,20-6+/t21-,22-,23+,25+,26+,27-,28+,31-,32+/m0/s1. The van der Waals surface area contributed by atoms with Crippen LogP contribution in [0, 0.1) is 5.92 Å². The summed E-state index contributed by atoms with van der Waals surface area (Å²) < 4.78 is 23.2. The average Bonchev–Trinajstić information content (AvgIpc) is 3.74. The van der Waals surface area contributed by atoms with Gasteiger partial charge in [-0.1, -0.05) is 30.7 Å². The highest BCUT2D eigenvalue weighted by Crippen LogP contribution is 2.43. The van der Waals surface area contributed by atoms with Crippen LogP contribution in [0.4, 0.5) is 0 Å². The third-order valence-corrected chi connectivity index (χ3v) is 8.80. The van der Waals surface area contributed by atoms with Crippen LogP contribution < -0.4 is 10.6 Å². The number of ether oxygens (including phenoxy) is 4. The molecule has 2 amide bonds. The summed E-state index contributed by atoms with van der Waals surface area (Å²) >= 11 is 0. The second kappa shape index (κ2) is 14.9. The number of rotatable bonds is 10. The summed E-state index contributed by atoms with van der Waals surface area (Å²) in [7, 11) is 0. The predicted molar refractivity (Wildman–Crippen MR) is 160 cm³/mol. The molecular formula is C32H49N3O8. The lowest BCUT2D eigenvalue weighted by molar-refractivity contribution is -0.151. The monoisotopic (exact) mass is 603 g/mol. The minimum absolute atomic E-state index is 0.00562. The van der Waals surface area contributed by atoms with E-state index in [1.165, 1.54) is 13.0 Å². The van der Waals surface area contributed by atoms with Gasteiger partial charge in [0.05, 0.1) is 37.4 Å². The van der Waals surface area contributed by atoms with Crippen molar-refractivity contribution in [2.75, 3.05) is 32.8 Å². The molecule has 0 aromatic carbocycles. The highest BCUT2D eigenvalue weighted by molar-refractivity contribution is 5.87. The minimum atomic E-state index is -0.781. The van der Waals surface area contributed by atoms with E-state index >= 15 is 0 Å². The van der Waals surface area contributed by atoms with Crippen molar-refractivity contribution >= 4 is 17.8 Å². The van der Waals surface area contributed by atoms with Gasteiger partial charge in [0.15, 0.2) is 0 Å². The molecule has 0 unspecified atom stereocenters. The smallest absolute Gasteiger partial charge is 0.303 e. The maximum atomic E-state index is 12.8. The average molecular weight is 604 g/mol. The Bertz CT molecular complexity index is 1080. The number of carbonyl (C=O) groups excluding carboxylic acids is 3. The van der Waals surface area contributed by atoms with Crippen molar-refractivity contribution in [3.8, 4) is 0 Å². The summed E-state index contributed by atoms with van der Waals surface area (Å²) in [6.45, 7) is 12.6. The highest BCUT2D eigenvalue weighted by Gasteiger charge is 2.58. The van der Waals surface area contributed by atoms with Gasteiger partial charge < -0.3 is 39.6 Å². The maximum absolute atomic E-state index is 12.8. The second-order valence-electron chi connectivity index (χ2n) is 12.5. The number of hydrogen-bond acceptors (Lipinski definition) is 9. The van der Waals surface area contributed by atoms with Crippen LogP contribution in [0.3, 0.4) is 0 Å². The van der Waals surface area contributed by atoms with Crippen molar-refractivity contribution in [1.29, 1.82) is 0 Å². The summed E-state index contributed by atoms with van der Waals surface area (Å²) in [4.78, 5) is 38.1. The number of aliphatic hydroxyl groups excluding tert-OH is 1. The molecule has 4 rings (SSSR count). The molecule has 43 heavy (non-hydrogen) atoms. The van der Waals surface area contributed by atoms with Crippen molar-refractivity contribution < 1.29 is 38.4 Å². The minimum Gasteiger partial charge on any atom is -0.459 e. The summed E-state index contributed by atoms with van der Waals surface area (Å²) in [6, 6.07) is -0.120. The van der Waals surface area contributed by atoms with Crippen molar-refractivity contribution in [2.24, 2.45) is 5.92 Å². The van der Waals surface area contributed by atoms with Crippen LogP contribution in [0.2, 0.25) is 0 Å². The SMILES string of the molecule is CC(=O)O[C@@H](C)/C=C\C(=O)N[C@@H]1C[C@H](C)[C@H](C/C=C(C)/C=C/[C@H]2O[C@H](CC(=O)N3CCNCC3)C[C@@]3(CO3)[C@H]2O)O[C@@H]1C. The fourth-order valence-electron chi connectivity index (χ4n) is 6.12. The molecule has 0 bridgehead atoms. The van der Waals surface area contributed by atoms with Gasteiger partial charge >= 0.3 is 5.97 Å². The molecule has 0 aliphatic carbocycles. The van der Waals surface area contributed by atoms with E-state index < -0.39 is 29.9 Å². The first-order chi connectivity index (χ1) is 20.5. The molecular weight excluding hydrogens is 554 g/mol. The molecule has 4 aliphatic heterocycles. The van der Waals surface area contributed by atoms with E-state index in [-0.39, 0.29) is 48.5 Å². The van der Waals surface area contributed by atoms with Gasteiger partial charge in [0.25, 0.3) is 0 Å². The van der Waals surface area contributed by atoms with E-state index in [4.69, 9.17) is 18.9 Å². The van der Waals surface area contributed by atoms with Gasteiger partial charge in [0, 0.05) is 45.6 Å². The molecule has 4 aliphatic rings. The fraction of sp³-hybridized carbons (Fsp3) is 0.719. The zero-order valence-corrected chi connectivity index (χ0v) is 26.1. The molecule has 4 saturated heterocycles. The molecule has 3 N–H and O–H groups in total. The van der Waals surface area contributed by atoms with Crippen molar-refractivity contribution in [3.63, 3.8) is 0 Å². The zero-order chi connectivity index (χ0) is 31.1. The Morgan fingerprint density at radius 1 is 1.16 bits per heavy atom. The van der Waals surface area contributed by atoms with Gasteiger partial charge in [-0.15, -0.1) is 0 Å². The molecule has 1 spiro atoms. The van der Waals surface area contributed by atoms with Crippen LogP contribution in [0.5, 0.6) is 0 Å². The predicted octanol–water partition coefficient (Wildman–Crippen LogP) is 1.79. The molecule has 4 heterocycles. The van der Waals surface area contributed by atoms with Gasteiger partial charge in [-0.05, 0) is 45.6 Å². The summed E-state index contributed by atoms with van der Waals surface area (Å²) in [5.41, 5.74) is 0.398. The van der Waals surface area contributed by atoms with Gasteiger partial charge in [-0.2, -0.15) is 0 Å². The maximum Gasteiger partial charge on any atom is 0.303 e. The number of carbonyl (C=O) groups is 3. The lowest BCUT2D eigenvalue weighted by Gasteiger charge is -2.39. The first kappa shape index (κ1) is 33.3. The van der Waals surface area contributed by atoms with E-state index in [1.807, 2.05) is 30.9 Å². The highest BCUT2D eigenvalue weighted by atomic mass is 16.6. The molecule has 4 fully saturated rings. The first-order valence-corrected chi connectivity index (χ1v) is 15.6. The van der Waals surface area contributed by atoms with Crippen LogP contribution in [-0.4, -0.2) is 109 Å². The van der Waals surface area contributed by atoms with Gasteiger partial charge in [0.2, 0.25) is 11.8 Å². The van der Waals surface area contributed by atoms with Crippen molar-refractivity contribution in [3.05, 3.63) is 36.0 Å². The van der Waals surface area contributed by atoms with Crippen molar-refractivity contribution in [1.82, 2.24) is 15.5 Å². The molecule has 240 valence electrons. The van der Waals surface area contributed by atoms with Gasteiger partial charge in [-0.3, -0.25) is 14.4 Å². The van der Waals surface area contributed by atoms with E-state index in [1.54, 1.807) is 13.0 Å². The van der Waals surface area contributed by atoms with E-state index in [0.29, 0.717) is 32.5 Å². The Morgan fingerprint density at radius 3 is 2.56 bits per heavy atom. The number of piperazine rings is 1. The molecule has 9 atom stereocenters. The third-order valence-electron chi connectivity index (χ3n) is 8.80. The summed E-state index contributed by atoms with van der Waals surface area (Å²) in [5, 5.41) is 17.2. The summed E-state index contributed by atoms with van der Waals surface area (Å²) in [6.07, 6.45) is 8.94. The Hall–Kier alpha value is -2.57. The quantitative estimate of drug-likeness (QED) is 0.148. The Labute approximate surface area is 255 Å². The number of nitrogens with zero attached hydrogens (tertiary/aromatic N) is 1. The summed E-state index contributed by atoms with van der Waals surface area (Å²) in [5.74, 6) is -0.328. The molecule has 0 saturated carbocycles. The number of hydrogen-bond donors (Lipinski definition) is 3. The van der Waals surface area contributed by atoms with E-state index in [0.717, 1.165) is 25.1 Å². The lowest BCUT2D eigenvalue weighted by Crippen LogP contribution is -2.52. The number of allylic oxidation sites excluding steroid dienone is 2. The first-order valence-electron chi connectivity index (χ1n) is 15.6. The van der Waals surface area contributed by atoms with Crippen molar-refractivity contribution in [2.45, 2.75) is 109 Å². The number of esters is 1. The van der Waals surface area contributed by atoms with Crippen LogP contribution >= 0.6 is 0 Å². The van der Waals surface area contributed by atoms with Crippen LogP contribution in [-0.2, 0) is 33.3 Å². The normalized spacial score (nSPS) is 35.7. The Balaban J connectivity index is 1.26. The topological polar surface area (TPSA) is 139 Å². The molecule has 0 aromatic heterocycles. The Kier molecular flexibility index (Phi) is 11.6. The Morgan fingerprint density at radius 2 is 1.88 bits per heavy atom. The van der Waals surface area contributed by atoms with E-state index in [9.17, 15) is 19.5 Å². The number of amides is 2.